The molecule has 0 aliphatic carbocycles. The Morgan fingerprint density at radius 1 is 1.07 bits per heavy atom. The molecule has 2 aromatic rings. The van der Waals surface area contributed by atoms with Crippen molar-refractivity contribution >= 4 is 18.3 Å². The zero-order valence-corrected chi connectivity index (χ0v) is 16.9. The van der Waals surface area contributed by atoms with Crippen molar-refractivity contribution in [1.29, 1.82) is 0 Å². The Hall–Kier alpha value is -2.04. The summed E-state index contributed by atoms with van der Waals surface area (Å²) in [6, 6.07) is 16.8. The average Bonchev–Trinajstić information content (AvgIpc) is 3.18. The van der Waals surface area contributed by atoms with Gasteiger partial charge in [0.1, 0.15) is 5.75 Å². The van der Waals surface area contributed by atoms with E-state index in [9.17, 15) is 4.79 Å². The standard InChI is InChI=1S/C22H26N2O2.ClH/c1-15-11-17(9-10-20(15)26-3)22(25)24-13-18-12-23(2)21(19(18)14-24)16-7-5-4-6-8-16;/h4-11,18-19,21H,12-14H2,1-3H3;1H/t18-,19+,21-;/m0./s1. The van der Waals surface area contributed by atoms with Crippen LogP contribution in [0.5, 0.6) is 5.75 Å². The number of methoxy groups -OCH3 is 1. The van der Waals surface area contributed by atoms with E-state index in [-0.39, 0.29) is 18.3 Å². The lowest BCUT2D eigenvalue weighted by Crippen LogP contribution is -2.33. The van der Waals surface area contributed by atoms with Gasteiger partial charge in [0.15, 0.2) is 0 Å². The van der Waals surface area contributed by atoms with E-state index in [1.807, 2.05) is 30.0 Å². The van der Waals surface area contributed by atoms with Gasteiger partial charge < -0.3 is 9.64 Å². The monoisotopic (exact) mass is 386 g/mol. The molecular formula is C22H27ClN2O2. The van der Waals surface area contributed by atoms with Crippen molar-refractivity contribution in [3.05, 3.63) is 65.2 Å². The maximum absolute atomic E-state index is 13.0. The minimum atomic E-state index is 0. The van der Waals surface area contributed by atoms with E-state index in [0.29, 0.717) is 17.9 Å². The zero-order valence-electron chi connectivity index (χ0n) is 16.1. The summed E-state index contributed by atoms with van der Waals surface area (Å²) in [4.78, 5) is 17.5. The molecule has 0 spiro atoms. The topological polar surface area (TPSA) is 32.8 Å². The number of carbonyl (C=O) groups excluding carboxylic acids is 1. The number of likely N-dealkylation sites (tertiary alicyclic amines) is 2. The molecule has 0 N–H and O–H groups in total. The van der Waals surface area contributed by atoms with Crippen LogP contribution in [0.3, 0.4) is 0 Å². The van der Waals surface area contributed by atoms with Crippen molar-refractivity contribution in [2.75, 3.05) is 33.8 Å². The van der Waals surface area contributed by atoms with Gasteiger partial charge in [-0.25, -0.2) is 0 Å². The fourth-order valence-electron chi connectivity index (χ4n) is 4.77. The number of rotatable bonds is 3. The van der Waals surface area contributed by atoms with Crippen LogP contribution in [0.15, 0.2) is 48.5 Å². The van der Waals surface area contributed by atoms with Crippen molar-refractivity contribution < 1.29 is 9.53 Å². The second kappa shape index (κ2) is 7.91. The first-order valence-corrected chi connectivity index (χ1v) is 9.27. The van der Waals surface area contributed by atoms with Crippen LogP contribution in [0.4, 0.5) is 0 Å². The van der Waals surface area contributed by atoms with Gasteiger partial charge in [-0.2, -0.15) is 0 Å². The van der Waals surface area contributed by atoms with Crippen molar-refractivity contribution in [2.45, 2.75) is 13.0 Å². The number of carbonyl (C=O) groups is 1. The maximum atomic E-state index is 13.0. The molecule has 2 aromatic carbocycles. The number of aryl methyl sites for hydroxylation is 1. The third kappa shape index (κ3) is 3.56. The minimum Gasteiger partial charge on any atom is -0.496 e. The first-order valence-electron chi connectivity index (χ1n) is 9.27. The normalized spacial score (nSPS) is 24.4. The molecule has 2 fully saturated rings. The van der Waals surface area contributed by atoms with Crippen LogP contribution >= 0.6 is 12.4 Å². The fraction of sp³-hybridized carbons (Fsp3) is 0.409. The van der Waals surface area contributed by atoms with Crippen LogP contribution in [0.1, 0.15) is 27.5 Å². The quantitative estimate of drug-likeness (QED) is 0.804. The number of benzene rings is 2. The minimum absolute atomic E-state index is 0. The Bertz CT molecular complexity index is 811. The van der Waals surface area contributed by atoms with Crippen LogP contribution in [0, 0.1) is 18.8 Å². The Kier molecular flexibility index (Phi) is 5.78. The SMILES string of the molecule is COc1ccc(C(=O)N2C[C@@H]3CN(C)[C@@H](c4ccccc4)[C@@H]3C2)cc1C.Cl. The first kappa shape index (κ1) is 19.7. The molecule has 2 aliphatic heterocycles. The first-order chi connectivity index (χ1) is 12.6. The lowest BCUT2D eigenvalue weighted by molar-refractivity contribution is 0.0767. The highest BCUT2D eigenvalue weighted by molar-refractivity contribution is 5.94. The molecule has 144 valence electrons. The van der Waals surface area contributed by atoms with E-state index >= 15 is 0 Å². The third-order valence-corrected chi connectivity index (χ3v) is 5.96. The van der Waals surface area contributed by atoms with E-state index < -0.39 is 0 Å². The average molecular weight is 387 g/mol. The zero-order chi connectivity index (χ0) is 18.3. The van der Waals surface area contributed by atoms with Gasteiger partial charge in [-0.15, -0.1) is 12.4 Å². The number of hydrogen-bond acceptors (Lipinski definition) is 3. The molecular weight excluding hydrogens is 360 g/mol. The van der Waals surface area contributed by atoms with E-state index in [4.69, 9.17) is 4.74 Å². The van der Waals surface area contributed by atoms with Gasteiger partial charge in [0.2, 0.25) is 0 Å². The second-order valence-electron chi connectivity index (χ2n) is 7.61. The van der Waals surface area contributed by atoms with E-state index in [0.717, 1.165) is 36.5 Å². The van der Waals surface area contributed by atoms with Crippen LogP contribution in [-0.2, 0) is 0 Å². The Morgan fingerprint density at radius 2 is 1.81 bits per heavy atom. The highest BCUT2D eigenvalue weighted by atomic mass is 35.5. The number of fused-ring (bicyclic) bond motifs is 1. The van der Waals surface area contributed by atoms with Crippen LogP contribution < -0.4 is 4.74 Å². The summed E-state index contributed by atoms with van der Waals surface area (Å²) in [5.41, 5.74) is 3.12. The summed E-state index contributed by atoms with van der Waals surface area (Å²) in [7, 11) is 3.86. The Labute approximate surface area is 167 Å². The van der Waals surface area contributed by atoms with Crippen LogP contribution in [0.2, 0.25) is 0 Å². The highest BCUT2D eigenvalue weighted by Gasteiger charge is 2.47. The second-order valence-corrected chi connectivity index (χ2v) is 7.61. The van der Waals surface area contributed by atoms with Crippen LogP contribution in [-0.4, -0.2) is 49.5 Å². The molecule has 2 heterocycles. The molecule has 2 aliphatic rings. The number of amides is 1. The summed E-state index contributed by atoms with van der Waals surface area (Å²) in [5, 5.41) is 0. The Balaban J connectivity index is 0.00000210. The van der Waals surface area contributed by atoms with E-state index in [1.54, 1.807) is 7.11 Å². The number of hydrogen-bond donors (Lipinski definition) is 0. The van der Waals surface area contributed by atoms with Gasteiger partial charge in [0.05, 0.1) is 7.11 Å². The molecule has 0 bridgehead atoms. The summed E-state index contributed by atoms with van der Waals surface area (Å²) >= 11 is 0. The molecule has 2 saturated heterocycles. The molecule has 5 heteroatoms. The highest BCUT2D eigenvalue weighted by Crippen LogP contribution is 2.44. The summed E-state index contributed by atoms with van der Waals surface area (Å²) < 4.78 is 5.31. The molecule has 3 atom stereocenters. The predicted octanol–water partition coefficient (Wildman–Crippen LogP) is 3.80. The molecule has 0 unspecified atom stereocenters. The van der Waals surface area contributed by atoms with Crippen molar-refractivity contribution in [3.63, 3.8) is 0 Å². The molecule has 4 nitrogen and oxygen atoms in total. The molecule has 4 rings (SSSR count). The predicted molar refractivity (Wildman–Crippen MR) is 110 cm³/mol. The molecule has 0 radical (unpaired) electrons. The maximum Gasteiger partial charge on any atom is 0.253 e. The van der Waals surface area contributed by atoms with Gasteiger partial charge >= 0.3 is 0 Å². The smallest absolute Gasteiger partial charge is 0.253 e. The van der Waals surface area contributed by atoms with Gasteiger partial charge in [-0.05, 0) is 49.2 Å². The van der Waals surface area contributed by atoms with Crippen LogP contribution in [0.25, 0.3) is 0 Å². The Morgan fingerprint density at radius 3 is 2.48 bits per heavy atom. The summed E-state index contributed by atoms with van der Waals surface area (Å²) in [6.07, 6.45) is 0. The third-order valence-electron chi connectivity index (χ3n) is 5.96. The molecule has 1 amide bonds. The summed E-state index contributed by atoms with van der Waals surface area (Å²) in [6.45, 7) is 4.71. The van der Waals surface area contributed by atoms with Gasteiger partial charge in [0.25, 0.3) is 5.91 Å². The molecule has 0 aromatic heterocycles. The molecule has 0 saturated carbocycles. The van der Waals surface area contributed by atoms with Gasteiger partial charge in [-0.1, -0.05) is 30.3 Å². The largest absolute Gasteiger partial charge is 0.496 e. The van der Waals surface area contributed by atoms with Gasteiger partial charge in [-0.3, -0.25) is 9.69 Å². The number of nitrogens with zero attached hydrogens (tertiary/aromatic N) is 2. The lowest BCUT2D eigenvalue weighted by Gasteiger charge is -2.27. The van der Waals surface area contributed by atoms with E-state index in [1.165, 1.54) is 5.56 Å². The van der Waals surface area contributed by atoms with Crippen molar-refractivity contribution in [1.82, 2.24) is 9.80 Å². The number of ether oxygens (including phenoxy) is 1. The van der Waals surface area contributed by atoms with E-state index in [2.05, 4.69) is 42.3 Å². The summed E-state index contributed by atoms with van der Waals surface area (Å²) in [5.74, 6) is 2.02. The van der Waals surface area contributed by atoms with Crippen molar-refractivity contribution in [3.8, 4) is 5.75 Å². The number of halogens is 1. The van der Waals surface area contributed by atoms with Crippen molar-refractivity contribution in [2.24, 2.45) is 11.8 Å². The fourth-order valence-corrected chi connectivity index (χ4v) is 4.77. The molecule has 27 heavy (non-hydrogen) atoms. The lowest BCUT2D eigenvalue weighted by atomic mass is 9.90. The van der Waals surface area contributed by atoms with Gasteiger partial charge in [0, 0.05) is 37.2 Å².